The van der Waals surface area contributed by atoms with Crippen LogP contribution in [-0.2, 0) is 43.8 Å². The first-order valence-corrected chi connectivity index (χ1v) is 5.16. The fraction of sp³-hybridized carbons (Fsp3) is 0.143. The molecule has 1 rings (SSSR count). The summed E-state index contributed by atoms with van der Waals surface area (Å²) in [4.78, 5) is 0. The molecule has 0 aliphatic heterocycles. The van der Waals surface area contributed by atoms with E-state index in [9.17, 15) is 0 Å². The molecule has 0 amide bonds. The quantitative estimate of drug-likeness (QED) is 0.605. The average Bonchev–Trinajstić information content (AvgIpc) is 2.69. The van der Waals surface area contributed by atoms with E-state index < -0.39 is 0 Å². The van der Waals surface area contributed by atoms with Gasteiger partial charge in [0.1, 0.15) is 0 Å². The molecule has 0 fully saturated rings. The summed E-state index contributed by atoms with van der Waals surface area (Å²) in [7, 11) is 3.26. The Morgan fingerprint density at radius 1 is 0.818 bits per heavy atom. The van der Waals surface area contributed by atoms with Gasteiger partial charge in [-0.3, -0.25) is 0 Å². The fourth-order valence-corrected chi connectivity index (χ4v) is 1.19. The number of methoxy groups -OCH3 is 2. The van der Waals surface area contributed by atoms with Gasteiger partial charge in [-0.25, -0.2) is 0 Å². The summed E-state index contributed by atoms with van der Waals surface area (Å²) in [5.74, 6) is 0.813. The predicted molar refractivity (Wildman–Crippen MR) is 63.8 cm³/mol. The third kappa shape index (κ3) is 18.1. The third-order valence-corrected chi connectivity index (χ3v) is 2.12. The van der Waals surface area contributed by atoms with Gasteiger partial charge < -0.3 is 0 Å². The van der Waals surface area contributed by atoms with Crippen LogP contribution in [0, 0.1) is 33.3 Å². The second-order valence-corrected chi connectivity index (χ2v) is 2.77. The molecule has 0 saturated heterocycles. The van der Waals surface area contributed by atoms with Crippen LogP contribution in [0.2, 0.25) is 0 Å². The number of rotatable bonds is 3. The Balaban J connectivity index is -0.0000000822. The molecule has 0 saturated carbocycles. The minimum absolute atomic E-state index is 0.743. The first kappa shape index (κ1) is 32.1. The Morgan fingerprint density at radius 3 is 1.50 bits per heavy atom. The van der Waals surface area contributed by atoms with Crippen LogP contribution in [0.15, 0.2) is 24.3 Å². The van der Waals surface area contributed by atoms with Gasteiger partial charge in [-0.05, 0) is 0 Å². The summed E-state index contributed by atoms with van der Waals surface area (Å²) in [6.45, 7) is 22.5. The third-order valence-electron chi connectivity index (χ3n) is 1.51. The van der Waals surface area contributed by atoms with Crippen molar-refractivity contribution in [2.45, 2.75) is 0 Å². The molecule has 114 valence electrons. The van der Waals surface area contributed by atoms with Gasteiger partial charge in [-0.1, -0.05) is 0 Å². The van der Waals surface area contributed by atoms with Crippen molar-refractivity contribution in [3.05, 3.63) is 63.1 Å². The fourth-order valence-electron chi connectivity index (χ4n) is 0.923. The molecule has 7 nitrogen and oxygen atoms in total. The first-order valence-electron chi connectivity index (χ1n) is 4.53. The van der Waals surface area contributed by atoms with Crippen LogP contribution >= 0.6 is 0 Å². The van der Waals surface area contributed by atoms with E-state index in [1.165, 1.54) is 0 Å². The summed E-state index contributed by atoms with van der Waals surface area (Å²) >= 11 is 2.83. The summed E-state index contributed by atoms with van der Waals surface area (Å²) in [5.41, 5.74) is 0.947. The second kappa shape index (κ2) is 36.5. The van der Waals surface area contributed by atoms with Crippen LogP contribution in [0.3, 0.4) is 0 Å². The zero-order valence-electron chi connectivity index (χ0n) is 11.6. The van der Waals surface area contributed by atoms with E-state index >= 15 is 0 Å². The van der Waals surface area contributed by atoms with Gasteiger partial charge in [0.25, 0.3) is 0 Å². The number of para-hydroxylation sites is 1. The zero-order valence-corrected chi connectivity index (χ0v) is 12.9. The van der Waals surface area contributed by atoms with E-state index in [4.69, 9.17) is 32.7 Å². The Hall–Kier alpha value is -1.92. The van der Waals surface area contributed by atoms with Crippen LogP contribution in [0.5, 0.6) is 5.75 Å². The van der Waals surface area contributed by atoms with Crippen LogP contribution in [0.1, 0.15) is 5.56 Å². The Bertz CT molecular complexity index is 437. The van der Waals surface area contributed by atoms with Gasteiger partial charge in [0, 0.05) is 0 Å². The van der Waals surface area contributed by atoms with E-state index in [1.54, 1.807) is 14.2 Å². The van der Waals surface area contributed by atoms with Gasteiger partial charge in [-0.2, -0.15) is 0 Å². The Morgan fingerprint density at radius 2 is 1.18 bits per heavy atom. The zero-order chi connectivity index (χ0) is 19.0. The van der Waals surface area contributed by atoms with Crippen LogP contribution in [0.4, 0.5) is 0 Å². The molecule has 1 aromatic carbocycles. The number of hydrogen-bond acceptors (Lipinski definition) is 2. The summed E-state index contributed by atoms with van der Waals surface area (Å²) < 4.78 is 48.5. The summed E-state index contributed by atoms with van der Waals surface area (Å²) in [6, 6.07) is 7.69. The van der Waals surface area contributed by atoms with Crippen molar-refractivity contribution in [1.29, 1.82) is 0 Å². The van der Waals surface area contributed by atoms with E-state index in [2.05, 4.69) is 49.1 Å². The molecule has 0 unspecified atom stereocenters. The van der Waals surface area contributed by atoms with E-state index in [1.807, 2.05) is 24.3 Å². The van der Waals surface area contributed by atoms with Crippen molar-refractivity contribution in [1.82, 2.24) is 0 Å². The molecule has 0 heterocycles. The maximum absolute atomic E-state index is 7.50. The molecule has 0 bridgehead atoms. The van der Waals surface area contributed by atoms with Crippen LogP contribution < -0.4 is 4.74 Å². The van der Waals surface area contributed by atoms with Crippen LogP contribution in [-0.4, -0.2) is 18.8 Å². The molecule has 0 N–H and O–H groups in total. The molecule has 1 aromatic rings. The summed E-state index contributed by atoms with van der Waals surface area (Å²) in [6.07, 6.45) is 0. The Labute approximate surface area is 136 Å². The van der Waals surface area contributed by atoms with Crippen molar-refractivity contribution in [3.63, 3.8) is 0 Å². The van der Waals surface area contributed by atoms with Crippen molar-refractivity contribution in [3.8, 4) is 5.75 Å². The first-order chi connectivity index (χ1) is 10.8. The van der Waals surface area contributed by atoms with Gasteiger partial charge in [0.15, 0.2) is 0 Å². The van der Waals surface area contributed by atoms with Crippen molar-refractivity contribution in [2.75, 3.05) is 14.2 Å². The molecule has 0 atom stereocenters. The van der Waals surface area contributed by atoms with Gasteiger partial charge in [-0.15, -0.1) is 0 Å². The van der Waals surface area contributed by atoms with Gasteiger partial charge in [0.05, 0.1) is 0 Å². The van der Waals surface area contributed by atoms with Gasteiger partial charge in [0.2, 0.25) is 0 Å². The molecule has 0 aliphatic rings. The standard InChI is InChI=1S/C9H10O2.5CO.Cr/c1-10-7-8-5-3-4-6-9(8)11-2;5*1-2;/h3-6H,1-2H3;;;;;;. The van der Waals surface area contributed by atoms with Crippen molar-refractivity contribution < 1.29 is 48.6 Å². The number of benzene rings is 1. The second-order valence-electron chi connectivity index (χ2n) is 2.19. The van der Waals surface area contributed by atoms with E-state index in [0.29, 0.717) is 0 Å². The molecular formula is C14H10CrO7. The minimum atomic E-state index is 0.743. The molecule has 22 heavy (non-hydrogen) atoms. The average molecular weight is 342 g/mol. The molecule has 8 heteroatoms. The van der Waals surface area contributed by atoms with Crippen molar-refractivity contribution >= 4 is 4.57 Å². The topological polar surface area (TPSA) is 118 Å². The molecule has 0 spiro atoms. The Kier molecular flexibility index (Phi) is 53.3. The predicted octanol–water partition coefficient (Wildman–Crippen LogP) is 1.18. The van der Waals surface area contributed by atoms with E-state index in [-0.39, 0.29) is 0 Å². The van der Waals surface area contributed by atoms with Crippen LogP contribution in [0.25, 0.3) is 0 Å². The van der Waals surface area contributed by atoms with E-state index in [0.717, 1.165) is 15.9 Å². The summed E-state index contributed by atoms with van der Waals surface area (Å²) in [5, 5.41) is 0. The molecular weight excluding hydrogens is 332 g/mol. The molecule has 0 radical (unpaired) electrons. The normalized spacial score (nSPS) is 5.64. The monoisotopic (exact) mass is 342 g/mol. The van der Waals surface area contributed by atoms with Crippen molar-refractivity contribution in [2.24, 2.45) is 0 Å². The number of hydrogen-bond donors (Lipinski definition) is 0. The molecule has 0 aromatic heterocycles. The SMILES string of the molecule is CO[C](=[Cr])c1ccccc1OC.[C-]#[O+].[C-]#[O+].[C-]#[O+].[C-]#[O+].[C-]#[O+]. The molecule has 0 aliphatic carbocycles. The maximum atomic E-state index is 7.50. The van der Waals surface area contributed by atoms with Gasteiger partial charge >= 0.3 is 136 Å². The number of ether oxygens (including phenoxy) is 2.